The van der Waals surface area contributed by atoms with Gasteiger partial charge in [-0.05, 0) is 12.0 Å². The first-order chi connectivity index (χ1) is 5.54. The monoisotopic (exact) mass is 166 g/mol. The molecule has 0 aliphatic heterocycles. The molecule has 0 heterocycles. The van der Waals surface area contributed by atoms with Gasteiger partial charge in [-0.2, -0.15) is 0 Å². The van der Waals surface area contributed by atoms with Crippen LogP contribution >= 0.6 is 0 Å². The van der Waals surface area contributed by atoms with Crippen LogP contribution in [0, 0.1) is 0 Å². The van der Waals surface area contributed by atoms with Crippen LogP contribution in [0.5, 0.6) is 0 Å². The largest absolute Gasteiger partial charge is 0.224 e. The Labute approximate surface area is 72.0 Å². The van der Waals surface area contributed by atoms with Crippen LogP contribution < -0.4 is 0 Å². The van der Waals surface area contributed by atoms with E-state index in [1.807, 2.05) is 6.92 Å². The molecule has 1 aromatic carbocycles. The summed E-state index contributed by atoms with van der Waals surface area (Å²) in [6.45, 7) is 1.97. The molecule has 0 aliphatic rings. The summed E-state index contributed by atoms with van der Waals surface area (Å²) < 4.78 is 24.9. The Balaban J connectivity index is 2.93. The predicted molar refractivity (Wildman–Crippen MR) is 45.5 cm³/mol. The summed E-state index contributed by atoms with van der Waals surface area (Å²) in [7, 11) is 4.61. The van der Waals surface area contributed by atoms with Crippen LogP contribution in [-0.2, 0) is 12.2 Å². The second-order valence-electron chi connectivity index (χ2n) is 2.67. The Morgan fingerprint density at radius 1 is 1.25 bits per heavy atom. The molecule has 0 aromatic heterocycles. The first-order valence-corrected chi connectivity index (χ1v) is 3.80. The summed E-state index contributed by atoms with van der Waals surface area (Å²) in [6, 6.07) is 6.05. The standard InChI is InChI=1S/C9H9BF2/c1-2-7-3-5-8(6-4-7)9(10,11)12/h3-6H,2H2,1H3. The summed E-state index contributed by atoms with van der Waals surface area (Å²) in [5.41, 5.74) is 0.891. The van der Waals surface area contributed by atoms with Gasteiger partial charge in [0.15, 0.2) is 7.85 Å². The Morgan fingerprint density at radius 3 is 2.08 bits per heavy atom. The van der Waals surface area contributed by atoms with Crippen molar-refractivity contribution in [1.82, 2.24) is 0 Å². The van der Waals surface area contributed by atoms with Crippen LogP contribution in [0.4, 0.5) is 8.78 Å². The number of benzene rings is 1. The predicted octanol–water partition coefficient (Wildman–Crippen LogP) is 2.47. The average molecular weight is 166 g/mol. The normalized spacial score (nSPS) is 11.6. The smallest absolute Gasteiger partial charge is 0.214 e. The zero-order chi connectivity index (χ0) is 9.19. The van der Waals surface area contributed by atoms with E-state index in [1.165, 1.54) is 12.1 Å². The Morgan fingerprint density at radius 2 is 1.75 bits per heavy atom. The summed E-state index contributed by atoms with van der Waals surface area (Å²) >= 11 is 0. The van der Waals surface area contributed by atoms with Crippen molar-refractivity contribution in [3.05, 3.63) is 35.4 Å². The van der Waals surface area contributed by atoms with E-state index in [1.54, 1.807) is 12.1 Å². The zero-order valence-electron chi connectivity index (χ0n) is 6.85. The molecular weight excluding hydrogens is 157 g/mol. The number of halogens is 2. The third-order valence-electron chi connectivity index (χ3n) is 1.75. The van der Waals surface area contributed by atoms with Gasteiger partial charge in [-0.25, -0.2) is 8.78 Å². The fraction of sp³-hybridized carbons (Fsp3) is 0.333. The Hall–Kier alpha value is -0.855. The number of aryl methyl sites for hydroxylation is 1. The molecule has 0 unspecified atom stereocenters. The molecule has 3 heteroatoms. The highest BCUT2D eigenvalue weighted by molar-refractivity contribution is 6.13. The first kappa shape index (κ1) is 9.23. The lowest BCUT2D eigenvalue weighted by Gasteiger charge is -2.10. The van der Waals surface area contributed by atoms with E-state index in [0.717, 1.165) is 12.0 Å². The highest BCUT2D eigenvalue weighted by Gasteiger charge is 2.22. The molecule has 12 heavy (non-hydrogen) atoms. The van der Waals surface area contributed by atoms with E-state index >= 15 is 0 Å². The van der Waals surface area contributed by atoms with Crippen LogP contribution in [0.25, 0.3) is 0 Å². The van der Waals surface area contributed by atoms with Gasteiger partial charge in [0.1, 0.15) is 0 Å². The van der Waals surface area contributed by atoms with E-state index in [9.17, 15) is 8.78 Å². The third kappa shape index (κ3) is 2.06. The number of hydrogen-bond donors (Lipinski definition) is 0. The van der Waals surface area contributed by atoms with Gasteiger partial charge in [-0.15, -0.1) is 0 Å². The molecule has 0 spiro atoms. The van der Waals surface area contributed by atoms with Gasteiger partial charge in [0.2, 0.25) is 5.82 Å². The molecule has 0 atom stereocenters. The van der Waals surface area contributed by atoms with Crippen molar-refractivity contribution < 1.29 is 8.78 Å². The van der Waals surface area contributed by atoms with Crippen LogP contribution in [0.15, 0.2) is 24.3 Å². The highest BCUT2D eigenvalue weighted by atomic mass is 19.3. The SMILES string of the molecule is [B]C(F)(F)c1ccc(CC)cc1. The summed E-state index contributed by atoms with van der Waals surface area (Å²) in [6.07, 6.45) is 0.844. The molecule has 62 valence electrons. The molecule has 1 aromatic rings. The lowest BCUT2D eigenvalue weighted by molar-refractivity contribution is 0.0941. The van der Waals surface area contributed by atoms with Crippen LogP contribution in [-0.4, -0.2) is 7.85 Å². The van der Waals surface area contributed by atoms with Crippen molar-refractivity contribution in [3.8, 4) is 0 Å². The number of alkyl halides is 2. The van der Waals surface area contributed by atoms with E-state index in [0.29, 0.717) is 0 Å². The lowest BCUT2D eigenvalue weighted by Crippen LogP contribution is -2.12. The molecule has 0 nitrogen and oxygen atoms in total. The van der Waals surface area contributed by atoms with Crippen molar-refractivity contribution in [2.75, 3.05) is 0 Å². The van der Waals surface area contributed by atoms with E-state index in [4.69, 9.17) is 0 Å². The van der Waals surface area contributed by atoms with Crippen molar-refractivity contribution in [2.45, 2.75) is 19.2 Å². The first-order valence-electron chi connectivity index (χ1n) is 3.80. The Kier molecular flexibility index (Phi) is 2.50. The summed E-state index contributed by atoms with van der Waals surface area (Å²) in [4.78, 5) is 0. The molecule has 0 aliphatic carbocycles. The molecule has 1 rings (SSSR count). The average Bonchev–Trinajstić information content (AvgIpc) is 2.03. The molecular formula is C9H9BF2. The van der Waals surface area contributed by atoms with E-state index in [-0.39, 0.29) is 5.56 Å². The maximum absolute atomic E-state index is 12.5. The molecule has 0 fully saturated rings. The van der Waals surface area contributed by atoms with Gasteiger partial charge >= 0.3 is 0 Å². The molecule has 0 N–H and O–H groups in total. The van der Waals surface area contributed by atoms with Gasteiger partial charge in [0.25, 0.3) is 0 Å². The van der Waals surface area contributed by atoms with Crippen LogP contribution in [0.3, 0.4) is 0 Å². The molecule has 0 saturated carbocycles. The molecule has 0 saturated heterocycles. The van der Waals surface area contributed by atoms with Gasteiger partial charge in [-0.3, -0.25) is 0 Å². The maximum Gasteiger partial charge on any atom is 0.224 e. The van der Waals surface area contributed by atoms with Crippen molar-refractivity contribution in [2.24, 2.45) is 0 Å². The minimum absolute atomic E-state index is 0.139. The van der Waals surface area contributed by atoms with E-state index < -0.39 is 5.82 Å². The second-order valence-corrected chi connectivity index (χ2v) is 2.67. The maximum atomic E-state index is 12.5. The third-order valence-corrected chi connectivity index (χ3v) is 1.75. The van der Waals surface area contributed by atoms with E-state index in [2.05, 4.69) is 7.85 Å². The minimum Gasteiger partial charge on any atom is -0.214 e. The lowest BCUT2D eigenvalue weighted by atomic mass is 9.90. The zero-order valence-corrected chi connectivity index (χ0v) is 6.85. The fourth-order valence-corrected chi connectivity index (χ4v) is 0.963. The Bertz CT molecular complexity index is 248. The van der Waals surface area contributed by atoms with Gasteiger partial charge in [-0.1, -0.05) is 31.2 Å². The van der Waals surface area contributed by atoms with Crippen molar-refractivity contribution >= 4 is 7.85 Å². The number of rotatable bonds is 2. The molecule has 0 amide bonds. The molecule has 2 radical (unpaired) electrons. The molecule has 0 bridgehead atoms. The highest BCUT2D eigenvalue weighted by Crippen LogP contribution is 2.23. The van der Waals surface area contributed by atoms with Crippen LogP contribution in [0.1, 0.15) is 18.1 Å². The quantitative estimate of drug-likeness (QED) is 0.592. The van der Waals surface area contributed by atoms with Gasteiger partial charge in [0.05, 0.1) is 0 Å². The topological polar surface area (TPSA) is 0 Å². The van der Waals surface area contributed by atoms with Crippen molar-refractivity contribution in [3.63, 3.8) is 0 Å². The summed E-state index contributed by atoms with van der Waals surface area (Å²) in [5, 5.41) is 0. The van der Waals surface area contributed by atoms with Gasteiger partial charge < -0.3 is 0 Å². The fourth-order valence-electron chi connectivity index (χ4n) is 0.963. The summed E-state index contributed by atoms with van der Waals surface area (Å²) in [5.74, 6) is -3.22. The minimum atomic E-state index is -3.22. The van der Waals surface area contributed by atoms with Crippen molar-refractivity contribution in [1.29, 1.82) is 0 Å². The van der Waals surface area contributed by atoms with Crippen LogP contribution in [0.2, 0.25) is 0 Å². The number of hydrogen-bond acceptors (Lipinski definition) is 0. The second kappa shape index (κ2) is 3.25. The van der Waals surface area contributed by atoms with Gasteiger partial charge in [0, 0.05) is 5.56 Å².